The maximum atomic E-state index is 12.2. The van der Waals surface area contributed by atoms with E-state index >= 15 is 0 Å². The number of nitrogens with zero attached hydrogens (tertiary/aromatic N) is 2. The molecule has 3 N–H and O–H groups in total. The Kier molecular flexibility index (Phi) is 5.11. The zero-order valence-electron chi connectivity index (χ0n) is 11.1. The summed E-state index contributed by atoms with van der Waals surface area (Å²) in [5.41, 5.74) is 6.24. The van der Waals surface area contributed by atoms with Gasteiger partial charge in [-0.3, -0.25) is 9.59 Å². The van der Waals surface area contributed by atoms with E-state index < -0.39 is 0 Å². The van der Waals surface area contributed by atoms with Crippen LogP contribution in [0.2, 0.25) is 5.15 Å². The van der Waals surface area contributed by atoms with E-state index in [1.165, 1.54) is 17.2 Å². The predicted octanol–water partition coefficient (Wildman–Crippen LogP) is 0.771. The summed E-state index contributed by atoms with van der Waals surface area (Å²) in [6.07, 6.45) is 1.34. The number of hydrogen-bond acceptors (Lipinski definition) is 4. The third-order valence-corrected chi connectivity index (χ3v) is 2.93. The van der Waals surface area contributed by atoms with Crippen LogP contribution in [-0.4, -0.2) is 42.3 Å². The van der Waals surface area contributed by atoms with E-state index in [1.54, 1.807) is 21.0 Å². The summed E-state index contributed by atoms with van der Waals surface area (Å²) in [5, 5.41) is 2.74. The van der Waals surface area contributed by atoms with Crippen molar-refractivity contribution in [3.05, 3.63) is 23.0 Å². The first kappa shape index (κ1) is 15.2. The highest BCUT2D eigenvalue weighted by molar-refractivity contribution is 6.29. The van der Waals surface area contributed by atoms with Crippen molar-refractivity contribution in [1.82, 2.24) is 15.2 Å². The number of nitrogens with two attached hydrogens (primary N) is 1. The maximum Gasteiger partial charge on any atom is 0.255 e. The highest BCUT2D eigenvalue weighted by atomic mass is 35.5. The molecule has 0 aromatic carbocycles. The summed E-state index contributed by atoms with van der Waals surface area (Å²) in [7, 11) is 3.16. The van der Waals surface area contributed by atoms with E-state index in [4.69, 9.17) is 17.3 Å². The number of hydrogen-bond donors (Lipinski definition) is 2. The van der Waals surface area contributed by atoms with Crippen molar-refractivity contribution in [3.63, 3.8) is 0 Å². The summed E-state index contributed by atoms with van der Waals surface area (Å²) < 4.78 is 0. The summed E-state index contributed by atoms with van der Waals surface area (Å²) >= 11 is 5.74. The minimum atomic E-state index is -0.308. The molecule has 6 nitrogen and oxygen atoms in total. The molecule has 1 rings (SSSR count). The van der Waals surface area contributed by atoms with Gasteiger partial charge in [0.15, 0.2) is 0 Å². The molecule has 2 amide bonds. The Morgan fingerprint density at radius 1 is 1.58 bits per heavy atom. The zero-order chi connectivity index (χ0) is 14.6. The number of aromatic nitrogens is 1. The average molecular weight is 285 g/mol. The third-order valence-electron chi connectivity index (χ3n) is 2.72. The van der Waals surface area contributed by atoms with Gasteiger partial charge >= 0.3 is 0 Å². The first-order valence-corrected chi connectivity index (χ1v) is 6.12. The smallest absolute Gasteiger partial charge is 0.255 e. The Hall–Kier alpha value is -1.82. The second-order valence-electron chi connectivity index (χ2n) is 4.30. The maximum absolute atomic E-state index is 12.2. The summed E-state index contributed by atoms with van der Waals surface area (Å²) in [5.74, 6) is -0.726. The first-order valence-electron chi connectivity index (χ1n) is 5.75. The van der Waals surface area contributed by atoms with Crippen LogP contribution in [0.25, 0.3) is 0 Å². The van der Waals surface area contributed by atoms with Gasteiger partial charge in [0, 0.05) is 20.6 Å². The molecule has 0 fully saturated rings. The molecule has 1 unspecified atom stereocenters. The van der Waals surface area contributed by atoms with Crippen LogP contribution in [0.4, 0.5) is 5.69 Å². The monoisotopic (exact) mass is 284 g/mol. The lowest BCUT2D eigenvalue weighted by Crippen LogP contribution is -2.37. The third kappa shape index (κ3) is 3.82. The van der Waals surface area contributed by atoms with Gasteiger partial charge in [0.1, 0.15) is 5.15 Å². The molecule has 0 aliphatic heterocycles. The number of carbonyl (C=O) groups excluding carboxylic acids is 2. The highest BCUT2D eigenvalue weighted by Gasteiger charge is 2.20. The molecule has 0 bridgehead atoms. The molecule has 104 valence electrons. The van der Waals surface area contributed by atoms with Crippen molar-refractivity contribution in [2.75, 3.05) is 26.4 Å². The summed E-state index contributed by atoms with van der Waals surface area (Å²) in [6.45, 7) is 2.03. The lowest BCUT2D eigenvalue weighted by molar-refractivity contribution is -0.124. The Labute approximate surface area is 116 Å². The first-order chi connectivity index (χ1) is 8.86. The fourth-order valence-electron chi connectivity index (χ4n) is 1.65. The van der Waals surface area contributed by atoms with E-state index in [0.717, 1.165) is 0 Å². The Balaban J connectivity index is 2.82. The van der Waals surface area contributed by atoms with Crippen molar-refractivity contribution in [2.24, 2.45) is 5.92 Å². The number of carbonyl (C=O) groups is 2. The van der Waals surface area contributed by atoms with Gasteiger partial charge in [-0.2, -0.15) is 0 Å². The number of anilines is 1. The fourth-order valence-corrected chi connectivity index (χ4v) is 1.81. The quantitative estimate of drug-likeness (QED) is 0.800. The van der Waals surface area contributed by atoms with E-state index in [0.29, 0.717) is 0 Å². The van der Waals surface area contributed by atoms with Crippen molar-refractivity contribution >= 4 is 29.1 Å². The molecule has 1 atom stereocenters. The molecule has 0 saturated carbocycles. The van der Waals surface area contributed by atoms with Crippen LogP contribution in [0, 0.1) is 5.92 Å². The largest absolute Gasteiger partial charge is 0.397 e. The van der Waals surface area contributed by atoms with Crippen molar-refractivity contribution in [3.8, 4) is 0 Å². The van der Waals surface area contributed by atoms with Gasteiger partial charge in [0.25, 0.3) is 5.91 Å². The van der Waals surface area contributed by atoms with Crippen molar-refractivity contribution in [1.29, 1.82) is 0 Å². The average Bonchev–Trinajstić information content (AvgIpc) is 2.39. The van der Waals surface area contributed by atoms with Crippen LogP contribution in [0.3, 0.4) is 0 Å². The molecule has 0 aliphatic carbocycles. The topological polar surface area (TPSA) is 88.3 Å². The minimum absolute atomic E-state index is 0.125. The van der Waals surface area contributed by atoms with Gasteiger partial charge in [-0.05, 0) is 6.07 Å². The fraction of sp³-hybridized carbons (Fsp3) is 0.417. The number of halogens is 1. The molecule has 1 aromatic heterocycles. The predicted molar refractivity (Wildman–Crippen MR) is 73.9 cm³/mol. The lowest BCUT2D eigenvalue weighted by Gasteiger charge is -2.21. The molecular formula is C12H17ClN4O2. The Bertz CT molecular complexity index is 493. The Morgan fingerprint density at radius 3 is 2.79 bits per heavy atom. The molecule has 0 aliphatic rings. The zero-order valence-corrected chi connectivity index (χ0v) is 11.9. The van der Waals surface area contributed by atoms with Gasteiger partial charge in [0.05, 0.1) is 23.4 Å². The molecule has 19 heavy (non-hydrogen) atoms. The van der Waals surface area contributed by atoms with Crippen LogP contribution in [0.5, 0.6) is 0 Å². The molecule has 1 heterocycles. The second-order valence-corrected chi connectivity index (χ2v) is 4.68. The van der Waals surface area contributed by atoms with E-state index in [1.807, 2.05) is 0 Å². The molecule has 0 spiro atoms. The van der Waals surface area contributed by atoms with Crippen LogP contribution >= 0.6 is 11.6 Å². The van der Waals surface area contributed by atoms with Gasteiger partial charge < -0.3 is 16.0 Å². The van der Waals surface area contributed by atoms with Crippen molar-refractivity contribution in [2.45, 2.75) is 6.92 Å². The highest BCUT2D eigenvalue weighted by Crippen LogP contribution is 2.17. The van der Waals surface area contributed by atoms with Gasteiger partial charge in [-0.25, -0.2) is 4.98 Å². The van der Waals surface area contributed by atoms with Crippen molar-refractivity contribution < 1.29 is 9.59 Å². The molecule has 0 saturated heterocycles. The van der Waals surface area contributed by atoms with E-state index in [2.05, 4.69) is 10.3 Å². The number of rotatable bonds is 4. The second kappa shape index (κ2) is 6.38. The summed E-state index contributed by atoms with van der Waals surface area (Å²) in [6, 6.07) is 1.42. The number of amides is 2. The number of nitrogen functional groups attached to an aromatic ring is 1. The van der Waals surface area contributed by atoms with Gasteiger partial charge in [-0.1, -0.05) is 18.5 Å². The summed E-state index contributed by atoms with van der Waals surface area (Å²) in [4.78, 5) is 28.8. The van der Waals surface area contributed by atoms with Crippen LogP contribution in [-0.2, 0) is 4.79 Å². The SMILES string of the molecule is CNC(=O)C(C)CN(C)C(=O)c1cc(Cl)ncc1N. The van der Waals surface area contributed by atoms with E-state index in [-0.39, 0.29) is 40.7 Å². The molecular weight excluding hydrogens is 268 g/mol. The van der Waals surface area contributed by atoms with Crippen LogP contribution in [0.1, 0.15) is 17.3 Å². The van der Waals surface area contributed by atoms with E-state index in [9.17, 15) is 9.59 Å². The van der Waals surface area contributed by atoms with Gasteiger partial charge in [0.2, 0.25) is 5.91 Å². The Morgan fingerprint density at radius 2 is 2.21 bits per heavy atom. The van der Waals surface area contributed by atoms with Crippen LogP contribution < -0.4 is 11.1 Å². The molecule has 7 heteroatoms. The van der Waals surface area contributed by atoms with Crippen LogP contribution in [0.15, 0.2) is 12.3 Å². The normalized spacial score (nSPS) is 11.8. The molecule has 0 radical (unpaired) electrons. The number of nitrogens with one attached hydrogen (secondary N) is 1. The lowest BCUT2D eigenvalue weighted by atomic mass is 10.1. The van der Waals surface area contributed by atoms with Gasteiger partial charge in [-0.15, -0.1) is 0 Å². The molecule has 1 aromatic rings. The minimum Gasteiger partial charge on any atom is -0.397 e. The number of pyridine rings is 1. The standard InChI is InChI=1S/C12H17ClN4O2/c1-7(11(18)15-2)6-17(3)12(19)8-4-10(13)16-5-9(8)14/h4-5,7H,6,14H2,1-3H3,(H,15,18).